The van der Waals surface area contributed by atoms with Gasteiger partial charge in [0.05, 0.1) is 6.04 Å². The largest absolute Gasteiger partial charge is 0.381 e. The Kier molecular flexibility index (Phi) is 9.44. The summed E-state index contributed by atoms with van der Waals surface area (Å²) in [6.07, 6.45) is 4.08. The molecule has 1 atom stereocenters. The molecular formula is C17H26F2IN3OS. The van der Waals surface area contributed by atoms with Crippen molar-refractivity contribution in [2.45, 2.75) is 30.6 Å². The molecule has 1 aromatic carbocycles. The third-order valence-corrected chi connectivity index (χ3v) is 5.84. The van der Waals surface area contributed by atoms with Gasteiger partial charge in [-0.1, -0.05) is 6.07 Å². The number of nitrogens with zero attached hydrogens (tertiary/aromatic N) is 1. The van der Waals surface area contributed by atoms with E-state index in [4.69, 9.17) is 4.74 Å². The zero-order valence-corrected chi connectivity index (χ0v) is 17.9. The fraction of sp³-hybridized carbons (Fsp3) is 0.588. The highest BCUT2D eigenvalue weighted by atomic mass is 127. The maximum atomic E-state index is 13.9. The van der Waals surface area contributed by atoms with Crippen molar-refractivity contribution in [1.29, 1.82) is 0 Å². The molecule has 8 heteroatoms. The quantitative estimate of drug-likeness (QED) is 0.379. The number of rotatable bonds is 5. The van der Waals surface area contributed by atoms with E-state index in [0.29, 0.717) is 11.5 Å². The fourth-order valence-corrected chi connectivity index (χ4v) is 3.56. The molecule has 2 N–H and O–H groups in total. The molecule has 25 heavy (non-hydrogen) atoms. The topological polar surface area (TPSA) is 45.7 Å². The van der Waals surface area contributed by atoms with E-state index < -0.39 is 11.6 Å². The lowest BCUT2D eigenvalue weighted by Gasteiger charge is -2.36. The van der Waals surface area contributed by atoms with E-state index >= 15 is 0 Å². The Morgan fingerprint density at radius 3 is 2.60 bits per heavy atom. The van der Waals surface area contributed by atoms with Gasteiger partial charge in [-0.15, -0.1) is 24.0 Å². The van der Waals surface area contributed by atoms with Gasteiger partial charge in [0.1, 0.15) is 11.6 Å². The lowest BCUT2D eigenvalue weighted by molar-refractivity contribution is 0.0782. The first-order valence-corrected chi connectivity index (χ1v) is 9.27. The number of hydrogen-bond acceptors (Lipinski definition) is 3. The van der Waals surface area contributed by atoms with E-state index in [2.05, 4.69) is 21.9 Å². The number of ether oxygens (including phenoxy) is 1. The SMILES string of the molecule is CN=C(NCC1(SC)CCOCC1)NC(C)c1ccc(F)cc1F.I. The van der Waals surface area contributed by atoms with Gasteiger partial charge < -0.3 is 15.4 Å². The number of hydrogen-bond donors (Lipinski definition) is 2. The highest BCUT2D eigenvalue weighted by molar-refractivity contribution is 14.0. The molecule has 0 saturated carbocycles. The smallest absolute Gasteiger partial charge is 0.191 e. The molecule has 0 bridgehead atoms. The first-order valence-electron chi connectivity index (χ1n) is 8.05. The van der Waals surface area contributed by atoms with Gasteiger partial charge >= 0.3 is 0 Å². The van der Waals surface area contributed by atoms with E-state index in [1.165, 1.54) is 12.1 Å². The van der Waals surface area contributed by atoms with Crippen LogP contribution in [0.15, 0.2) is 23.2 Å². The number of guanidine groups is 1. The Balaban J connectivity index is 0.00000312. The molecule has 0 aromatic heterocycles. The predicted molar refractivity (Wildman–Crippen MR) is 111 cm³/mol. The van der Waals surface area contributed by atoms with Gasteiger partial charge in [0, 0.05) is 43.2 Å². The maximum Gasteiger partial charge on any atom is 0.191 e. The summed E-state index contributed by atoms with van der Waals surface area (Å²) in [5, 5.41) is 6.49. The molecule has 0 radical (unpaired) electrons. The molecule has 0 spiro atoms. The molecule has 1 fully saturated rings. The number of halogens is 3. The van der Waals surface area contributed by atoms with Crippen molar-refractivity contribution in [3.63, 3.8) is 0 Å². The fourth-order valence-electron chi connectivity index (χ4n) is 2.77. The van der Waals surface area contributed by atoms with Crippen molar-refractivity contribution in [1.82, 2.24) is 10.6 Å². The van der Waals surface area contributed by atoms with Crippen LogP contribution in [-0.2, 0) is 4.74 Å². The standard InChI is InChI=1S/C17H25F2N3OS.HI/c1-12(14-5-4-13(18)10-15(14)19)22-16(20-2)21-11-17(24-3)6-8-23-9-7-17;/h4-5,10,12H,6-9,11H2,1-3H3,(H2,20,21,22);1H. The number of benzene rings is 1. The van der Waals surface area contributed by atoms with Crippen LogP contribution in [0.2, 0.25) is 0 Å². The van der Waals surface area contributed by atoms with Crippen LogP contribution in [0.4, 0.5) is 8.78 Å². The monoisotopic (exact) mass is 485 g/mol. The van der Waals surface area contributed by atoms with E-state index in [1.54, 1.807) is 7.05 Å². The normalized spacial score (nSPS) is 18.2. The molecular weight excluding hydrogens is 459 g/mol. The molecule has 1 unspecified atom stereocenters. The lowest BCUT2D eigenvalue weighted by atomic mass is 9.99. The summed E-state index contributed by atoms with van der Waals surface area (Å²) >= 11 is 1.84. The van der Waals surface area contributed by atoms with Gasteiger partial charge in [-0.05, 0) is 32.1 Å². The van der Waals surface area contributed by atoms with Crippen LogP contribution in [0.3, 0.4) is 0 Å². The van der Waals surface area contributed by atoms with Gasteiger partial charge in [0.25, 0.3) is 0 Å². The first kappa shape index (κ1) is 22.4. The Morgan fingerprint density at radius 2 is 2.04 bits per heavy atom. The van der Waals surface area contributed by atoms with Crippen molar-refractivity contribution in [2.24, 2.45) is 4.99 Å². The first-order chi connectivity index (χ1) is 11.5. The van der Waals surface area contributed by atoms with Crippen LogP contribution in [-0.4, -0.2) is 43.8 Å². The van der Waals surface area contributed by atoms with Crippen molar-refractivity contribution < 1.29 is 13.5 Å². The molecule has 1 saturated heterocycles. The van der Waals surface area contributed by atoms with Crippen LogP contribution in [0.5, 0.6) is 0 Å². The number of aliphatic imine (C=N–C) groups is 1. The highest BCUT2D eigenvalue weighted by Gasteiger charge is 2.31. The summed E-state index contributed by atoms with van der Waals surface area (Å²) in [6, 6.07) is 3.29. The Hall–Kier alpha value is -0.610. The van der Waals surface area contributed by atoms with E-state index in [0.717, 1.165) is 38.7 Å². The molecule has 142 valence electrons. The molecule has 0 amide bonds. The zero-order valence-electron chi connectivity index (χ0n) is 14.8. The van der Waals surface area contributed by atoms with E-state index in [1.807, 2.05) is 18.7 Å². The average Bonchev–Trinajstić information content (AvgIpc) is 2.59. The molecule has 0 aliphatic carbocycles. The highest BCUT2D eigenvalue weighted by Crippen LogP contribution is 2.33. The third-order valence-electron chi connectivity index (χ3n) is 4.42. The summed E-state index contributed by atoms with van der Waals surface area (Å²) in [4.78, 5) is 4.21. The number of nitrogens with one attached hydrogen (secondary N) is 2. The number of thioether (sulfide) groups is 1. The molecule has 1 aromatic rings. The molecule has 1 aliphatic rings. The van der Waals surface area contributed by atoms with Gasteiger partial charge in [0.15, 0.2) is 5.96 Å². The van der Waals surface area contributed by atoms with Crippen molar-refractivity contribution >= 4 is 41.7 Å². The van der Waals surface area contributed by atoms with E-state index in [-0.39, 0.29) is 34.8 Å². The lowest BCUT2D eigenvalue weighted by Crippen LogP contribution is -2.48. The minimum absolute atomic E-state index is 0. The van der Waals surface area contributed by atoms with Crippen LogP contribution in [0.25, 0.3) is 0 Å². The molecule has 2 rings (SSSR count). The summed E-state index contributed by atoms with van der Waals surface area (Å²) < 4.78 is 32.5. The second-order valence-electron chi connectivity index (χ2n) is 5.96. The van der Waals surface area contributed by atoms with Crippen molar-refractivity contribution in [3.8, 4) is 0 Å². The Morgan fingerprint density at radius 1 is 1.36 bits per heavy atom. The van der Waals surface area contributed by atoms with Crippen LogP contribution in [0, 0.1) is 11.6 Å². The second kappa shape index (κ2) is 10.5. The van der Waals surface area contributed by atoms with Gasteiger partial charge in [-0.2, -0.15) is 11.8 Å². The molecule has 1 heterocycles. The summed E-state index contributed by atoms with van der Waals surface area (Å²) in [5.41, 5.74) is 0.407. The van der Waals surface area contributed by atoms with Gasteiger partial charge in [-0.3, -0.25) is 4.99 Å². The Bertz CT molecular complexity index is 583. The van der Waals surface area contributed by atoms with Gasteiger partial charge in [-0.25, -0.2) is 8.78 Å². The third kappa shape index (κ3) is 6.25. The van der Waals surface area contributed by atoms with Crippen molar-refractivity contribution in [2.75, 3.05) is 33.1 Å². The van der Waals surface area contributed by atoms with Crippen LogP contribution < -0.4 is 10.6 Å². The van der Waals surface area contributed by atoms with Crippen LogP contribution in [0.1, 0.15) is 31.4 Å². The van der Waals surface area contributed by atoms with Gasteiger partial charge in [0.2, 0.25) is 0 Å². The minimum Gasteiger partial charge on any atom is -0.381 e. The maximum absolute atomic E-state index is 13.9. The average molecular weight is 485 g/mol. The summed E-state index contributed by atoms with van der Waals surface area (Å²) in [5.74, 6) is -0.533. The van der Waals surface area contributed by atoms with Crippen LogP contribution >= 0.6 is 35.7 Å². The predicted octanol–water partition coefficient (Wildman–Crippen LogP) is 3.72. The Labute approximate surface area is 169 Å². The van der Waals surface area contributed by atoms with Crippen molar-refractivity contribution in [3.05, 3.63) is 35.4 Å². The second-order valence-corrected chi connectivity index (χ2v) is 7.23. The minimum atomic E-state index is -0.576. The summed E-state index contributed by atoms with van der Waals surface area (Å²) in [7, 11) is 1.68. The molecule has 1 aliphatic heterocycles. The zero-order chi connectivity index (χ0) is 17.6. The summed E-state index contributed by atoms with van der Waals surface area (Å²) in [6.45, 7) is 4.12. The van der Waals surface area contributed by atoms with E-state index in [9.17, 15) is 8.78 Å². The molecule has 4 nitrogen and oxygen atoms in total.